The molecule has 0 aromatic rings. The molecule has 2 amide bonds. The number of rotatable bonds is 1. The number of carbonyl (C=O) groups is 1. The molecule has 0 aromatic carbocycles. The smallest absolute Gasteiger partial charge is 0.314 e. The second-order valence-electron chi connectivity index (χ2n) is 4.82. The second-order valence-corrected chi connectivity index (χ2v) is 4.82. The molecule has 0 atom stereocenters. The highest BCUT2D eigenvalue weighted by molar-refractivity contribution is 5.72. The Morgan fingerprint density at radius 1 is 1.06 bits per heavy atom. The molecule has 0 unspecified atom stereocenters. The quantitative estimate of drug-likeness (QED) is 0.662. The minimum Gasteiger partial charge on any atom is -0.393 e. The van der Waals surface area contributed by atoms with Gasteiger partial charge in [-0.15, -0.1) is 0 Å². The van der Waals surface area contributed by atoms with Crippen molar-refractivity contribution >= 4 is 6.03 Å². The molecule has 2 aliphatic rings. The van der Waals surface area contributed by atoms with E-state index in [1.807, 2.05) is 0 Å². The third-order valence-electron chi connectivity index (χ3n) is 3.79. The van der Waals surface area contributed by atoms with E-state index in [-0.39, 0.29) is 12.1 Å². The van der Waals surface area contributed by atoms with Gasteiger partial charge in [0.2, 0.25) is 0 Å². The van der Waals surface area contributed by atoms with Crippen LogP contribution in [-0.4, -0.2) is 59.3 Å². The lowest BCUT2D eigenvalue weighted by molar-refractivity contribution is 0.0435. The number of nitrogens with zero attached hydrogens (tertiary/aromatic N) is 2. The molecule has 92 valence electrons. The summed E-state index contributed by atoms with van der Waals surface area (Å²) in [5, 5.41) is 9.44. The summed E-state index contributed by atoms with van der Waals surface area (Å²) in [6.45, 7) is 3.53. The summed E-state index contributed by atoms with van der Waals surface area (Å²) in [6, 6.07) is 0.274. The Labute approximate surface area is 96.2 Å². The van der Waals surface area contributed by atoms with Crippen LogP contribution >= 0.6 is 0 Å². The fourth-order valence-corrected chi connectivity index (χ4v) is 2.70. The van der Waals surface area contributed by atoms with Crippen molar-refractivity contribution in [3.8, 4) is 0 Å². The lowest BCUT2D eigenvalue weighted by Crippen LogP contribution is -2.50. The van der Waals surface area contributed by atoms with Crippen molar-refractivity contribution in [2.75, 3.05) is 26.2 Å². The van der Waals surface area contributed by atoms with Gasteiger partial charge in [0.15, 0.2) is 0 Å². The fraction of sp³-hybridized carbons (Fsp3) is 0.909. The minimum absolute atomic E-state index is 0.109. The van der Waals surface area contributed by atoms with Crippen LogP contribution in [-0.2, 0) is 0 Å². The summed E-state index contributed by atoms with van der Waals surface area (Å²) in [6.07, 6.45) is 3.69. The Balaban J connectivity index is 1.78. The summed E-state index contributed by atoms with van der Waals surface area (Å²) in [7, 11) is 0. The number of aliphatic hydroxyl groups excluding tert-OH is 1. The molecule has 3 N–H and O–H groups in total. The topological polar surface area (TPSA) is 69.8 Å². The van der Waals surface area contributed by atoms with Gasteiger partial charge >= 0.3 is 6.03 Å². The van der Waals surface area contributed by atoms with Gasteiger partial charge in [0.05, 0.1) is 6.10 Å². The van der Waals surface area contributed by atoms with Crippen molar-refractivity contribution in [1.82, 2.24) is 9.80 Å². The molecule has 0 radical (unpaired) electrons. The fourth-order valence-electron chi connectivity index (χ4n) is 2.70. The molecule has 0 aromatic heterocycles. The molecule has 2 heterocycles. The maximum Gasteiger partial charge on any atom is 0.314 e. The maximum atomic E-state index is 11.0. The summed E-state index contributed by atoms with van der Waals surface area (Å²) in [5.41, 5.74) is 5.25. The molecule has 0 spiro atoms. The van der Waals surface area contributed by atoms with E-state index >= 15 is 0 Å². The van der Waals surface area contributed by atoms with Crippen LogP contribution in [0.1, 0.15) is 25.7 Å². The van der Waals surface area contributed by atoms with E-state index < -0.39 is 0 Å². The summed E-state index contributed by atoms with van der Waals surface area (Å²) < 4.78 is 0. The number of carbonyl (C=O) groups excluding carboxylic acids is 1. The first kappa shape index (κ1) is 11.7. The van der Waals surface area contributed by atoms with E-state index in [9.17, 15) is 9.90 Å². The first-order valence-corrected chi connectivity index (χ1v) is 6.13. The summed E-state index contributed by atoms with van der Waals surface area (Å²) in [5.74, 6) is 0. The number of amides is 2. The van der Waals surface area contributed by atoms with Gasteiger partial charge in [-0.1, -0.05) is 0 Å². The number of urea groups is 1. The van der Waals surface area contributed by atoms with Gasteiger partial charge in [-0.05, 0) is 25.7 Å². The number of aliphatic hydroxyl groups is 1. The molecule has 2 fully saturated rings. The zero-order valence-electron chi connectivity index (χ0n) is 9.64. The Bertz CT molecular complexity index is 244. The Morgan fingerprint density at radius 2 is 1.62 bits per heavy atom. The molecule has 2 saturated heterocycles. The van der Waals surface area contributed by atoms with Crippen molar-refractivity contribution < 1.29 is 9.90 Å². The molecule has 5 heteroatoms. The molecule has 5 nitrogen and oxygen atoms in total. The number of nitrogens with two attached hydrogens (primary N) is 1. The number of likely N-dealkylation sites (tertiary alicyclic amines) is 2. The molecule has 0 aliphatic carbocycles. The van der Waals surface area contributed by atoms with Crippen molar-refractivity contribution in [2.24, 2.45) is 5.73 Å². The average molecular weight is 227 g/mol. The molecule has 0 saturated carbocycles. The Hall–Kier alpha value is -0.810. The molecule has 0 bridgehead atoms. The van der Waals surface area contributed by atoms with E-state index in [2.05, 4.69) is 4.90 Å². The average Bonchev–Trinajstić information content (AvgIpc) is 2.30. The van der Waals surface area contributed by atoms with Crippen molar-refractivity contribution in [3.63, 3.8) is 0 Å². The molecule has 2 aliphatic heterocycles. The normalized spacial score (nSPS) is 25.9. The number of primary amides is 1. The first-order valence-electron chi connectivity index (χ1n) is 6.13. The van der Waals surface area contributed by atoms with Crippen LogP contribution in [0.15, 0.2) is 0 Å². The van der Waals surface area contributed by atoms with Gasteiger partial charge in [-0.2, -0.15) is 0 Å². The lowest BCUT2D eigenvalue weighted by Gasteiger charge is -2.40. The van der Waals surface area contributed by atoms with Crippen LogP contribution in [0.5, 0.6) is 0 Å². The monoisotopic (exact) mass is 227 g/mol. The maximum absolute atomic E-state index is 11.0. The summed E-state index contributed by atoms with van der Waals surface area (Å²) in [4.78, 5) is 15.1. The summed E-state index contributed by atoms with van der Waals surface area (Å²) >= 11 is 0. The van der Waals surface area contributed by atoms with E-state index in [1.54, 1.807) is 4.90 Å². The predicted molar refractivity (Wildman–Crippen MR) is 61.0 cm³/mol. The molecule has 16 heavy (non-hydrogen) atoms. The van der Waals surface area contributed by atoms with Crippen molar-refractivity contribution in [1.29, 1.82) is 0 Å². The van der Waals surface area contributed by atoms with Crippen LogP contribution in [0.4, 0.5) is 4.79 Å². The van der Waals surface area contributed by atoms with E-state index in [0.717, 1.165) is 51.9 Å². The van der Waals surface area contributed by atoms with E-state index in [4.69, 9.17) is 5.73 Å². The molecular formula is C11H21N3O2. The predicted octanol–water partition coefficient (Wildman–Crippen LogP) is -0.0138. The first-order chi connectivity index (χ1) is 7.66. The van der Waals surface area contributed by atoms with Crippen LogP contribution < -0.4 is 5.73 Å². The third kappa shape index (κ3) is 2.65. The van der Waals surface area contributed by atoms with Gasteiger partial charge in [0.25, 0.3) is 0 Å². The minimum atomic E-state index is -0.299. The van der Waals surface area contributed by atoms with Crippen LogP contribution in [0.2, 0.25) is 0 Å². The standard InChI is InChI=1S/C11H21N3O2/c12-11(16)14-5-1-9(2-6-14)13-7-3-10(15)4-8-13/h9-10,15H,1-8H2,(H2,12,16). The van der Waals surface area contributed by atoms with Crippen LogP contribution in [0.3, 0.4) is 0 Å². The zero-order valence-corrected chi connectivity index (χ0v) is 9.64. The van der Waals surface area contributed by atoms with Gasteiger partial charge in [-0.25, -0.2) is 4.79 Å². The highest BCUT2D eigenvalue weighted by Crippen LogP contribution is 2.20. The largest absolute Gasteiger partial charge is 0.393 e. The van der Waals surface area contributed by atoms with Crippen molar-refractivity contribution in [2.45, 2.75) is 37.8 Å². The van der Waals surface area contributed by atoms with Crippen LogP contribution in [0.25, 0.3) is 0 Å². The molecular weight excluding hydrogens is 206 g/mol. The highest BCUT2D eigenvalue weighted by Gasteiger charge is 2.28. The van der Waals surface area contributed by atoms with Gasteiger partial charge in [-0.3, -0.25) is 0 Å². The SMILES string of the molecule is NC(=O)N1CCC(N2CCC(O)CC2)CC1. The van der Waals surface area contributed by atoms with Crippen LogP contribution in [0, 0.1) is 0 Å². The second kappa shape index (κ2) is 5.01. The molecule has 2 rings (SSSR count). The van der Waals surface area contributed by atoms with Gasteiger partial charge in [0.1, 0.15) is 0 Å². The van der Waals surface area contributed by atoms with Crippen molar-refractivity contribution in [3.05, 3.63) is 0 Å². The Kier molecular flexibility index (Phi) is 3.66. The van der Waals surface area contributed by atoms with E-state index in [0.29, 0.717) is 6.04 Å². The third-order valence-corrected chi connectivity index (χ3v) is 3.79. The number of hydrogen-bond acceptors (Lipinski definition) is 3. The Morgan fingerprint density at radius 3 is 2.12 bits per heavy atom. The number of hydrogen-bond donors (Lipinski definition) is 2. The van der Waals surface area contributed by atoms with Gasteiger partial charge in [0, 0.05) is 32.2 Å². The lowest BCUT2D eigenvalue weighted by atomic mass is 9.99. The highest BCUT2D eigenvalue weighted by atomic mass is 16.3. The number of piperidine rings is 2. The van der Waals surface area contributed by atoms with E-state index in [1.165, 1.54) is 0 Å². The zero-order chi connectivity index (χ0) is 11.5. The van der Waals surface area contributed by atoms with Gasteiger partial charge < -0.3 is 20.6 Å².